The van der Waals surface area contributed by atoms with E-state index in [2.05, 4.69) is 183 Å². The highest BCUT2D eigenvalue weighted by atomic mass is 32.2. The second-order valence-corrected chi connectivity index (χ2v) is 16.8. The van der Waals surface area contributed by atoms with Crippen molar-refractivity contribution in [2.24, 2.45) is 5.92 Å². The smallest absolute Gasteiger partial charge is 0.0591 e. The minimum Gasteiger partial charge on any atom is -0.309 e. The van der Waals surface area contributed by atoms with Gasteiger partial charge in [0.2, 0.25) is 0 Å². The molecule has 0 aromatic heterocycles. The van der Waals surface area contributed by atoms with Crippen molar-refractivity contribution in [2.75, 3.05) is 4.90 Å². The SMILES string of the molecule is C=C1S[C@H]2C3=C(C=CC2C/C=C\C=C1N(c1ccc(-c2ccccc2)cc1)c1ccc2c(c1)c1c(c4ccccc42)CCC=C1)C(C)(C)c1ccccc13. The van der Waals surface area contributed by atoms with Crippen LogP contribution in [0, 0.1) is 5.92 Å². The van der Waals surface area contributed by atoms with E-state index in [0.29, 0.717) is 5.92 Å². The van der Waals surface area contributed by atoms with Crippen molar-refractivity contribution in [3.05, 3.63) is 203 Å². The van der Waals surface area contributed by atoms with E-state index in [9.17, 15) is 0 Å². The molecule has 0 bridgehead atoms. The third kappa shape index (κ3) is 5.30. The van der Waals surface area contributed by atoms with Crippen molar-refractivity contribution in [1.29, 1.82) is 0 Å². The van der Waals surface area contributed by atoms with Gasteiger partial charge in [-0.05, 0) is 122 Å². The fourth-order valence-electron chi connectivity index (χ4n) is 9.45. The van der Waals surface area contributed by atoms with Crippen LogP contribution < -0.4 is 4.90 Å². The van der Waals surface area contributed by atoms with Crippen LogP contribution in [0.2, 0.25) is 0 Å². The molecule has 54 heavy (non-hydrogen) atoms. The van der Waals surface area contributed by atoms with Gasteiger partial charge in [-0.2, -0.15) is 0 Å². The largest absolute Gasteiger partial charge is 0.309 e. The van der Waals surface area contributed by atoms with Crippen LogP contribution >= 0.6 is 11.8 Å². The minimum absolute atomic E-state index is 0.0301. The van der Waals surface area contributed by atoms with Gasteiger partial charge in [0.05, 0.1) is 5.70 Å². The average Bonchev–Trinajstić information content (AvgIpc) is 3.49. The van der Waals surface area contributed by atoms with Gasteiger partial charge in [-0.25, -0.2) is 0 Å². The van der Waals surface area contributed by atoms with Crippen LogP contribution in [0.25, 0.3) is 44.3 Å². The minimum atomic E-state index is -0.0301. The molecule has 0 saturated carbocycles. The van der Waals surface area contributed by atoms with Crippen molar-refractivity contribution in [1.82, 2.24) is 0 Å². The molecule has 6 aromatic carbocycles. The van der Waals surface area contributed by atoms with Gasteiger partial charge in [0.1, 0.15) is 0 Å². The molecular weight excluding hydrogens is 671 g/mol. The Morgan fingerprint density at radius 1 is 0.704 bits per heavy atom. The van der Waals surface area contributed by atoms with Crippen LogP contribution in [0.1, 0.15) is 48.9 Å². The van der Waals surface area contributed by atoms with E-state index in [-0.39, 0.29) is 10.7 Å². The predicted molar refractivity (Wildman–Crippen MR) is 234 cm³/mol. The van der Waals surface area contributed by atoms with Crippen LogP contribution in [0.5, 0.6) is 0 Å². The van der Waals surface area contributed by atoms with E-state index in [1.807, 2.05) is 11.8 Å². The molecule has 1 aliphatic heterocycles. The Labute approximate surface area is 323 Å². The average molecular weight is 714 g/mol. The maximum absolute atomic E-state index is 4.91. The Hall–Kier alpha value is -5.57. The molecule has 0 fully saturated rings. The van der Waals surface area contributed by atoms with Crippen molar-refractivity contribution in [3.63, 3.8) is 0 Å². The van der Waals surface area contributed by atoms with Crippen LogP contribution in [-0.4, -0.2) is 5.25 Å². The fourth-order valence-corrected chi connectivity index (χ4v) is 10.8. The first-order valence-electron chi connectivity index (χ1n) is 19.3. The second kappa shape index (κ2) is 13.1. The van der Waals surface area contributed by atoms with Crippen molar-refractivity contribution < 1.29 is 0 Å². The molecule has 0 saturated heterocycles. The lowest BCUT2D eigenvalue weighted by atomic mass is 9.78. The number of nitrogens with zero attached hydrogens (tertiary/aromatic N) is 1. The molecule has 2 atom stereocenters. The van der Waals surface area contributed by atoms with Crippen molar-refractivity contribution in [3.8, 4) is 11.1 Å². The Morgan fingerprint density at radius 2 is 1.43 bits per heavy atom. The van der Waals surface area contributed by atoms with E-state index in [1.54, 1.807) is 0 Å². The molecule has 6 aromatic rings. The van der Waals surface area contributed by atoms with Gasteiger partial charge in [0.25, 0.3) is 0 Å². The van der Waals surface area contributed by atoms with Crippen molar-refractivity contribution in [2.45, 2.75) is 43.8 Å². The highest BCUT2D eigenvalue weighted by Gasteiger charge is 2.43. The molecular formula is C52H43NS. The number of anilines is 2. The molecule has 0 spiro atoms. The topological polar surface area (TPSA) is 3.24 Å². The summed E-state index contributed by atoms with van der Waals surface area (Å²) in [5.41, 5.74) is 14.3. The van der Waals surface area contributed by atoms with Gasteiger partial charge in [-0.3, -0.25) is 0 Å². The normalized spacial score (nSPS) is 20.3. The molecule has 10 rings (SSSR count). The van der Waals surface area contributed by atoms with Crippen LogP contribution in [-0.2, 0) is 11.8 Å². The van der Waals surface area contributed by atoms with Gasteiger partial charge >= 0.3 is 0 Å². The number of hydrogen-bond acceptors (Lipinski definition) is 2. The summed E-state index contributed by atoms with van der Waals surface area (Å²) in [6.45, 7) is 9.68. The van der Waals surface area contributed by atoms with Gasteiger partial charge < -0.3 is 4.90 Å². The number of thioether (sulfide) groups is 1. The highest BCUT2D eigenvalue weighted by molar-refractivity contribution is 8.04. The van der Waals surface area contributed by atoms with Gasteiger partial charge in [0.15, 0.2) is 0 Å². The Balaban J connectivity index is 1.13. The molecule has 1 unspecified atom stereocenters. The Morgan fingerprint density at radius 3 is 2.28 bits per heavy atom. The first kappa shape index (κ1) is 33.0. The summed E-state index contributed by atoms with van der Waals surface area (Å²) in [6, 6.07) is 44.8. The number of rotatable bonds is 4. The summed E-state index contributed by atoms with van der Waals surface area (Å²) in [5, 5.41) is 5.57. The summed E-state index contributed by atoms with van der Waals surface area (Å²) in [6.07, 6.45) is 19.6. The second-order valence-electron chi connectivity index (χ2n) is 15.6. The first-order valence-corrected chi connectivity index (χ1v) is 20.2. The number of allylic oxidation sites excluding steroid dienone is 7. The zero-order valence-corrected chi connectivity index (χ0v) is 31.7. The zero-order valence-electron chi connectivity index (χ0n) is 30.9. The predicted octanol–water partition coefficient (Wildman–Crippen LogP) is 14.1. The third-order valence-corrected chi connectivity index (χ3v) is 13.5. The number of benzene rings is 6. The molecule has 3 aliphatic carbocycles. The molecule has 2 heteroatoms. The lowest BCUT2D eigenvalue weighted by Gasteiger charge is -2.34. The zero-order chi connectivity index (χ0) is 36.4. The van der Waals surface area contributed by atoms with E-state index >= 15 is 0 Å². The first-order chi connectivity index (χ1) is 26.5. The highest BCUT2D eigenvalue weighted by Crippen LogP contribution is 2.56. The molecule has 0 N–H and O–H groups in total. The van der Waals surface area contributed by atoms with Crippen LogP contribution in [0.15, 0.2) is 181 Å². The molecule has 1 heterocycles. The lowest BCUT2D eigenvalue weighted by molar-refractivity contribution is 0.636. The molecule has 4 aliphatic rings. The van der Waals surface area contributed by atoms with Gasteiger partial charge in [-0.15, -0.1) is 11.8 Å². The quantitative estimate of drug-likeness (QED) is 0.167. The third-order valence-electron chi connectivity index (χ3n) is 12.1. The van der Waals surface area contributed by atoms with E-state index in [4.69, 9.17) is 6.58 Å². The van der Waals surface area contributed by atoms with E-state index in [1.165, 1.54) is 66.1 Å². The number of fused-ring (bicyclic) bond motifs is 10. The van der Waals surface area contributed by atoms with Crippen molar-refractivity contribution >= 4 is 56.3 Å². The van der Waals surface area contributed by atoms with Crippen LogP contribution in [0.4, 0.5) is 11.4 Å². The summed E-state index contributed by atoms with van der Waals surface area (Å²) < 4.78 is 0. The standard InChI is InChI=1S/C52H43NS/c1-34-49(24-14-7-17-37-27-32-48-50(51(37)54-34)45-22-12-13-23-47(45)52(48,2)3)53(38-28-25-36(26-29-38)35-15-5-4-6-16-35)39-30-31-44-42-20-9-8-18-40(42)41-19-10-11-21-43(41)46(44)33-39/h4-9,11-16,18,20-33,37,51H,1,10,17,19H2,2-3H3/b14-7-,49-24?/t37?,51-/m1/s1. The molecule has 0 radical (unpaired) electrons. The molecule has 0 amide bonds. The molecule has 1 nitrogen and oxygen atoms in total. The van der Waals surface area contributed by atoms with Gasteiger partial charge in [-0.1, -0.05) is 154 Å². The number of aryl methyl sites for hydroxylation is 1. The van der Waals surface area contributed by atoms with Crippen LogP contribution in [0.3, 0.4) is 0 Å². The van der Waals surface area contributed by atoms with E-state index < -0.39 is 0 Å². The maximum Gasteiger partial charge on any atom is 0.0591 e. The maximum atomic E-state index is 4.91. The monoisotopic (exact) mass is 713 g/mol. The summed E-state index contributed by atoms with van der Waals surface area (Å²) in [4.78, 5) is 3.52. The molecule has 262 valence electrons. The summed E-state index contributed by atoms with van der Waals surface area (Å²) >= 11 is 1.95. The fraction of sp³-hybridized carbons (Fsp3) is 0.154. The number of hydrogen-bond donors (Lipinski definition) is 0. The lowest BCUT2D eigenvalue weighted by Crippen LogP contribution is -2.24. The summed E-state index contributed by atoms with van der Waals surface area (Å²) in [7, 11) is 0. The summed E-state index contributed by atoms with van der Waals surface area (Å²) in [5.74, 6) is 0.377. The van der Waals surface area contributed by atoms with E-state index in [0.717, 1.165) is 41.2 Å². The Kier molecular flexibility index (Phi) is 8.00. The Bertz CT molecular complexity index is 2650. The van der Waals surface area contributed by atoms with Gasteiger partial charge in [0, 0.05) is 26.9 Å².